The second kappa shape index (κ2) is 207. The summed E-state index contributed by atoms with van der Waals surface area (Å²) in [4.78, 5) is 0. The first kappa shape index (κ1) is 70.2. The number of aliphatic hydroxyl groups excluding tert-OH is 8. The molecule has 0 unspecified atom stereocenters. The van der Waals surface area contributed by atoms with Gasteiger partial charge >= 0.3 is 21.7 Å². The van der Waals surface area contributed by atoms with Crippen LogP contribution in [-0.2, 0) is 65.2 Å². The van der Waals surface area contributed by atoms with Crippen molar-refractivity contribution < 1.29 is 106 Å². The summed E-state index contributed by atoms with van der Waals surface area (Å²) >= 11 is 0. The molecule has 0 heterocycles. The Labute approximate surface area is 213 Å². The maximum Gasteiger partial charge on any atom is 4.00 e. The third-order valence-electron chi connectivity index (χ3n) is 0. The van der Waals surface area contributed by atoms with Crippen LogP contribution >= 0.6 is 0 Å². The first-order valence-corrected chi connectivity index (χ1v) is 8.19. The molecule has 0 aromatic heterocycles. The van der Waals surface area contributed by atoms with Gasteiger partial charge in [-0.25, -0.2) is 0 Å². The summed E-state index contributed by atoms with van der Waals surface area (Å²) in [6, 6.07) is 0. The Hall–Kier alpha value is 1.82. The molecule has 0 rings (SSSR count). The molecule has 0 aliphatic heterocycles. The van der Waals surface area contributed by atoms with Gasteiger partial charge in [-0.15, -0.1) is 0 Å². The molecule has 168 valence electrons. The van der Waals surface area contributed by atoms with Gasteiger partial charge in [-0.3, -0.25) is 0 Å². The molecule has 8 N–H and O–H groups in total. The van der Waals surface area contributed by atoms with Gasteiger partial charge in [0.2, 0.25) is 0 Å². The SMILES string of the molecule is CCO.CCO.CCO.CCO.CCO.CCO.CCO.CCO.[Ti+4].[Ti].[Ti]. The van der Waals surface area contributed by atoms with E-state index in [0.29, 0.717) is 0 Å². The first-order chi connectivity index (χ1) is 11.3. The van der Waals surface area contributed by atoms with Crippen molar-refractivity contribution in [1.82, 2.24) is 0 Å². The van der Waals surface area contributed by atoms with Crippen molar-refractivity contribution in [1.29, 1.82) is 0 Å². The van der Waals surface area contributed by atoms with Crippen LogP contribution in [0.5, 0.6) is 0 Å². The quantitative estimate of drug-likeness (QED) is 0.210. The fourth-order valence-corrected chi connectivity index (χ4v) is 0. The second-order valence-corrected chi connectivity index (χ2v) is 2.53. The predicted molar refractivity (Wildman–Crippen MR) is 102 cm³/mol. The molecular formula is C16H48O8Ti3+4. The van der Waals surface area contributed by atoms with Crippen molar-refractivity contribution in [2.75, 3.05) is 52.9 Å². The van der Waals surface area contributed by atoms with Gasteiger partial charge in [0, 0.05) is 96.3 Å². The van der Waals surface area contributed by atoms with Crippen molar-refractivity contribution in [3.63, 3.8) is 0 Å². The van der Waals surface area contributed by atoms with Gasteiger partial charge in [0.15, 0.2) is 0 Å². The van der Waals surface area contributed by atoms with E-state index in [2.05, 4.69) is 0 Å². The fourth-order valence-electron chi connectivity index (χ4n) is 0. The Bertz CT molecular complexity index is 59.6. The minimum Gasteiger partial charge on any atom is -0.397 e. The van der Waals surface area contributed by atoms with Gasteiger partial charge in [0.05, 0.1) is 0 Å². The summed E-state index contributed by atoms with van der Waals surface area (Å²) in [6.07, 6.45) is 0. The topological polar surface area (TPSA) is 162 Å². The van der Waals surface area contributed by atoms with Crippen molar-refractivity contribution in [3.8, 4) is 0 Å². The van der Waals surface area contributed by atoms with Crippen molar-refractivity contribution in [2.45, 2.75) is 55.4 Å². The molecule has 0 aromatic carbocycles. The van der Waals surface area contributed by atoms with Crippen LogP contribution in [0, 0.1) is 0 Å². The van der Waals surface area contributed by atoms with E-state index in [1.54, 1.807) is 55.4 Å². The minimum absolute atomic E-state index is 0. The Morgan fingerprint density at radius 1 is 0.296 bits per heavy atom. The van der Waals surface area contributed by atoms with E-state index in [0.717, 1.165) is 0 Å². The maximum absolute atomic E-state index is 7.57. The molecule has 0 saturated heterocycles. The number of hydrogen-bond acceptors (Lipinski definition) is 8. The van der Waals surface area contributed by atoms with E-state index < -0.39 is 0 Å². The molecule has 0 fully saturated rings. The van der Waals surface area contributed by atoms with Crippen LogP contribution in [0.1, 0.15) is 55.4 Å². The Morgan fingerprint density at radius 2 is 0.296 bits per heavy atom. The molecule has 0 amide bonds. The Balaban J connectivity index is -0.0000000119. The third kappa shape index (κ3) is 5580. The van der Waals surface area contributed by atoms with Crippen LogP contribution in [-0.4, -0.2) is 93.7 Å². The van der Waals surface area contributed by atoms with Gasteiger partial charge in [-0.1, -0.05) is 0 Å². The first-order valence-electron chi connectivity index (χ1n) is 8.19. The summed E-state index contributed by atoms with van der Waals surface area (Å²) < 4.78 is 0. The summed E-state index contributed by atoms with van der Waals surface area (Å²) in [5, 5.41) is 60.6. The average molecular weight is 512 g/mol. The normalized spacial score (nSPS) is 5.33. The smallest absolute Gasteiger partial charge is 0.397 e. The Morgan fingerprint density at radius 3 is 0.296 bits per heavy atom. The summed E-state index contributed by atoms with van der Waals surface area (Å²) in [5.74, 6) is 0. The molecule has 0 bridgehead atoms. The molecule has 27 heavy (non-hydrogen) atoms. The fraction of sp³-hybridized carbons (Fsp3) is 1.00. The van der Waals surface area contributed by atoms with Crippen LogP contribution < -0.4 is 0 Å². The molecule has 0 saturated carbocycles. The van der Waals surface area contributed by atoms with E-state index in [-0.39, 0.29) is 118 Å². The van der Waals surface area contributed by atoms with E-state index >= 15 is 0 Å². The van der Waals surface area contributed by atoms with Crippen LogP contribution in [0.15, 0.2) is 0 Å². The monoisotopic (exact) mass is 512 g/mol. The third-order valence-corrected chi connectivity index (χ3v) is 0. The maximum atomic E-state index is 7.57. The van der Waals surface area contributed by atoms with E-state index in [1.165, 1.54) is 0 Å². The average Bonchev–Trinajstić information content (AvgIpc) is 2.45. The molecule has 0 aliphatic rings. The minimum atomic E-state index is 0. The standard InChI is InChI=1S/8C2H6O.3Ti/c8*1-2-3;;;/h8*3H,2H2,1H3;;;/q;;;;;;;;;;+4. The summed E-state index contributed by atoms with van der Waals surface area (Å²) in [5.41, 5.74) is 0. The number of hydrogen-bond donors (Lipinski definition) is 8. The van der Waals surface area contributed by atoms with Crippen LogP contribution in [0.3, 0.4) is 0 Å². The summed E-state index contributed by atoms with van der Waals surface area (Å²) in [6.45, 7) is 15.4. The van der Waals surface area contributed by atoms with E-state index in [1.807, 2.05) is 0 Å². The second-order valence-electron chi connectivity index (χ2n) is 2.53. The van der Waals surface area contributed by atoms with Gasteiger partial charge in [0.25, 0.3) is 0 Å². The molecule has 0 atom stereocenters. The molecule has 8 nitrogen and oxygen atoms in total. The van der Waals surface area contributed by atoms with Crippen LogP contribution in [0.4, 0.5) is 0 Å². The molecular weight excluding hydrogens is 464 g/mol. The molecule has 11 heteroatoms. The van der Waals surface area contributed by atoms with Gasteiger partial charge in [0.1, 0.15) is 0 Å². The zero-order valence-electron chi connectivity index (χ0n) is 18.7. The van der Waals surface area contributed by atoms with Gasteiger partial charge in [-0.2, -0.15) is 0 Å². The van der Waals surface area contributed by atoms with Crippen LogP contribution in [0.25, 0.3) is 0 Å². The van der Waals surface area contributed by atoms with Crippen molar-refractivity contribution in [2.24, 2.45) is 0 Å². The van der Waals surface area contributed by atoms with Crippen molar-refractivity contribution in [3.05, 3.63) is 0 Å². The molecule has 0 spiro atoms. The Kier molecular flexibility index (Phi) is 540. The van der Waals surface area contributed by atoms with Gasteiger partial charge < -0.3 is 40.9 Å². The zero-order valence-corrected chi connectivity index (χ0v) is 23.4. The van der Waals surface area contributed by atoms with E-state index in [4.69, 9.17) is 40.9 Å². The largest absolute Gasteiger partial charge is 4.00 e. The van der Waals surface area contributed by atoms with Crippen molar-refractivity contribution >= 4 is 0 Å². The molecule has 0 aromatic rings. The molecule has 0 aliphatic carbocycles. The summed E-state index contributed by atoms with van der Waals surface area (Å²) in [7, 11) is 0. The molecule has 0 radical (unpaired) electrons. The predicted octanol–water partition coefficient (Wildman–Crippen LogP) is -0.0187. The van der Waals surface area contributed by atoms with E-state index in [9.17, 15) is 0 Å². The van der Waals surface area contributed by atoms with Gasteiger partial charge in [-0.05, 0) is 55.4 Å². The zero-order chi connectivity index (χ0) is 21.7. The van der Waals surface area contributed by atoms with Crippen LogP contribution in [0.2, 0.25) is 0 Å². The number of aliphatic hydroxyl groups is 8. The number of rotatable bonds is 0.